The summed E-state index contributed by atoms with van der Waals surface area (Å²) in [5.41, 5.74) is 0.605. The van der Waals surface area contributed by atoms with Crippen LogP contribution in [0.25, 0.3) is 6.20 Å². The van der Waals surface area contributed by atoms with Crippen molar-refractivity contribution in [2.24, 2.45) is 5.14 Å². The van der Waals surface area contributed by atoms with E-state index in [9.17, 15) is 8.42 Å². The van der Waals surface area contributed by atoms with Gasteiger partial charge in [-0.05, 0) is 0 Å². The van der Waals surface area contributed by atoms with Crippen molar-refractivity contribution in [3.63, 3.8) is 0 Å². The monoisotopic (exact) mass is 203 g/mol. The fourth-order valence-electron chi connectivity index (χ4n) is 0.702. The number of nitrogens with zero attached hydrogens (tertiary/aromatic N) is 2. The molecule has 0 saturated heterocycles. The Bertz CT molecular complexity index is 395. The maximum atomic E-state index is 10.4. The molecule has 13 heavy (non-hydrogen) atoms. The minimum Gasteiger partial charge on any atom is -0.253 e. The Kier molecular flexibility index (Phi) is 2.81. The van der Waals surface area contributed by atoms with E-state index in [0.29, 0.717) is 5.56 Å². The van der Waals surface area contributed by atoms with E-state index in [0.717, 1.165) is 0 Å². The van der Waals surface area contributed by atoms with Gasteiger partial charge >= 0.3 is 10.3 Å². The summed E-state index contributed by atoms with van der Waals surface area (Å²) < 4.78 is 26.5. The van der Waals surface area contributed by atoms with Gasteiger partial charge in [-0.15, -0.1) is 0 Å². The van der Waals surface area contributed by atoms with Crippen LogP contribution in [0, 0.1) is 0 Å². The SMILES string of the molecule is C=Cn1cc(COS(N)(=O)=O)cn1. The third-order valence-electron chi connectivity index (χ3n) is 1.23. The average Bonchev–Trinajstić information content (AvgIpc) is 2.47. The van der Waals surface area contributed by atoms with E-state index in [1.165, 1.54) is 17.1 Å². The fourth-order valence-corrected chi connectivity index (χ4v) is 1.00. The molecule has 72 valence electrons. The smallest absolute Gasteiger partial charge is 0.253 e. The molecule has 0 spiro atoms. The molecule has 0 radical (unpaired) electrons. The molecule has 0 unspecified atom stereocenters. The van der Waals surface area contributed by atoms with Gasteiger partial charge in [0.2, 0.25) is 0 Å². The number of hydrogen-bond donors (Lipinski definition) is 1. The van der Waals surface area contributed by atoms with Crippen molar-refractivity contribution in [2.45, 2.75) is 6.61 Å². The summed E-state index contributed by atoms with van der Waals surface area (Å²) in [7, 11) is -3.88. The lowest BCUT2D eigenvalue weighted by Gasteiger charge is -1.96. The minimum atomic E-state index is -3.88. The van der Waals surface area contributed by atoms with Gasteiger partial charge in [0.05, 0.1) is 12.8 Å². The second-order valence-electron chi connectivity index (χ2n) is 2.27. The predicted octanol–water partition coefficient (Wildman–Crippen LogP) is -0.296. The molecule has 1 aromatic rings. The maximum absolute atomic E-state index is 10.4. The molecule has 0 saturated carbocycles. The van der Waals surface area contributed by atoms with E-state index in [4.69, 9.17) is 0 Å². The molecule has 0 aliphatic carbocycles. The standard InChI is InChI=1S/C6H9N3O3S/c1-2-9-4-6(3-8-9)5-12-13(7,10)11/h2-4H,1,5H2,(H2,7,10,11). The number of nitrogens with two attached hydrogens (primary N) is 1. The molecule has 2 N–H and O–H groups in total. The second-order valence-corrected chi connectivity index (χ2v) is 3.49. The first-order valence-corrected chi connectivity index (χ1v) is 4.81. The average molecular weight is 203 g/mol. The zero-order valence-corrected chi connectivity index (χ0v) is 7.57. The Morgan fingerprint density at radius 3 is 2.92 bits per heavy atom. The van der Waals surface area contributed by atoms with Crippen molar-refractivity contribution in [3.05, 3.63) is 24.5 Å². The largest absolute Gasteiger partial charge is 0.333 e. The second kappa shape index (κ2) is 3.69. The lowest BCUT2D eigenvalue weighted by Crippen LogP contribution is -2.15. The van der Waals surface area contributed by atoms with Crippen molar-refractivity contribution >= 4 is 16.5 Å². The molecule has 0 fully saturated rings. The third-order valence-corrected chi connectivity index (χ3v) is 1.68. The first kappa shape index (κ1) is 9.90. The van der Waals surface area contributed by atoms with Gasteiger partial charge in [-0.1, -0.05) is 6.58 Å². The zero-order valence-electron chi connectivity index (χ0n) is 6.75. The van der Waals surface area contributed by atoms with Crippen LogP contribution in [0.2, 0.25) is 0 Å². The van der Waals surface area contributed by atoms with Gasteiger partial charge in [0, 0.05) is 18.0 Å². The van der Waals surface area contributed by atoms with Crippen molar-refractivity contribution in [1.82, 2.24) is 9.78 Å². The van der Waals surface area contributed by atoms with Gasteiger partial charge in [-0.3, -0.25) is 4.18 Å². The molecule has 0 aliphatic rings. The van der Waals surface area contributed by atoms with Crippen LogP contribution in [-0.4, -0.2) is 18.2 Å². The van der Waals surface area contributed by atoms with Crippen LogP contribution in [-0.2, 0) is 21.1 Å². The Morgan fingerprint density at radius 2 is 2.46 bits per heavy atom. The van der Waals surface area contributed by atoms with Crippen LogP contribution in [0.5, 0.6) is 0 Å². The van der Waals surface area contributed by atoms with E-state index < -0.39 is 10.3 Å². The highest BCUT2D eigenvalue weighted by atomic mass is 32.2. The molecule has 0 amide bonds. The first-order chi connectivity index (χ1) is 6.01. The zero-order chi connectivity index (χ0) is 9.90. The van der Waals surface area contributed by atoms with Crippen LogP contribution >= 0.6 is 0 Å². The first-order valence-electron chi connectivity index (χ1n) is 3.34. The topological polar surface area (TPSA) is 87.2 Å². The van der Waals surface area contributed by atoms with Gasteiger partial charge in [-0.2, -0.15) is 13.5 Å². The number of hydrogen-bond acceptors (Lipinski definition) is 4. The molecule has 7 heteroatoms. The summed E-state index contributed by atoms with van der Waals surface area (Å²) in [6, 6.07) is 0. The highest BCUT2D eigenvalue weighted by Gasteiger charge is 2.03. The van der Waals surface area contributed by atoms with Gasteiger partial charge in [-0.25, -0.2) is 9.82 Å². The quantitative estimate of drug-likeness (QED) is 0.728. The Labute approximate surface area is 75.9 Å². The van der Waals surface area contributed by atoms with Gasteiger partial charge in [0.25, 0.3) is 0 Å². The van der Waals surface area contributed by atoms with Crippen LogP contribution in [0.1, 0.15) is 5.56 Å². The lowest BCUT2D eigenvalue weighted by molar-refractivity contribution is 0.308. The van der Waals surface area contributed by atoms with Crippen molar-refractivity contribution in [3.8, 4) is 0 Å². The minimum absolute atomic E-state index is 0.118. The molecule has 0 bridgehead atoms. The molecule has 1 rings (SSSR count). The Balaban J connectivity index is 2.60. The van der Waals surface area contributed by atoms with E-state index in [-0.39, 0.29) is 6.61 Å². The summed E-state index contributed by atoms with van der Waals surface area (Å²) in [4.78, 5) is 0. The molecule has 1 heterocycles. The maximum Gasteiger partial charge on any atom is 0.333 e. The molecular formula is C6H9N3O3S. The van der Waals surface area contributed by atoms with E-state index in [2.05, 4.69) is 21.0 Å². The van der Waals surface area contributed by atoms with Crippen molar-refractivity contribution in [2.75, 3.05) is 0 Å². The Morgan fingerprint density at radius 1 is 1.77 bits per heavy atom. The predicted molar refractivity (Wildman–Crippen MR) is 46.5 cm³/mol. The summed E-state index contributed by atoms with van der Waals surface area (Å²) in [5.74, 6) is 0. The molecule has 6 nitrogen and oxygen atoms in total. The van der Waals surface area contributed by atoms with Gasteiger partial charge < -0.3 is 0 Å². The summed E-state index contributed by atoms with van der Waals surface area (Å²) in [5, 5.41) is 8.44. The van der Waals surface area contributed by atoms with E-state index in [1.54, 1.807) is 6.20 Å². The third kappa shape index (κ3) is 3.36. The lowest BCUT2D eigenvalue weighted by atomic mass is 10.4. The van der Waals surface area contributed by atoms with E-state index >= 15 is 0 Å². The highest BCUT2D eigenvalue weighted by Crippen LogP contribution is 2.01. The number of rotatable bonds is 4. The molecule has 0 aromatic carbocycles. The van der Waals surface area contributed by atoms with Crippen molar-refractivity contribution < 1.29 is 12.6 Å². The van der Waals surface area contributed by atoms with Crippen molar-refractivity contribution in [1.29, 1.82) is 0 Å². The molecule has 1 aromatic heterocycles. The van der Waals surface area contributed by atoms with Crippen LogP contribution < -0.4 is 5.14 Å². The summed E-state index contributed by atoms with van der Waals surface area (Å²) in [6.45, 7) is 3.35. The van der Waals surface area contributed by atoms with Gasteiger partial charge in [0.1, 0.15) is 0 Å². The molecule has 0 atom stereocenters. The van der Waals surface area contributed by atoms with Crippen LogP contribution in [0.4, 0.5) is 0 Å². The molecule has 0 aliphatic heterocycles. The highest BCUT2D eigenvalue weighted by molar-refractivity contribution is 7.84. The van der Waals surface area contributed by atoms with E-state index in [1.807, 2.05) is 0 Å². The summed E-state index contributed by atoms with van der Waals surface area (Å²) in [6.07, 6.45) is 4.52. The molecular weight excluding hydrogens is 194 g/mol. The fraction of sp³-hybridized carbons (Fsp3) is 0.167. The normalized spacial score (nSPS) is 11.5. The Hall–Kier alpha value is -1.18. The van der Waals surface area contributed by atoms with Crippen LogP contribution in [0.15, 0.2) is 19.0 Å². The van der Waals surface area contributed by atoms with Crippen LogP contribution in [0.3, 0.4) is 0 Å². The number of aromatic nitrogens is 2. The van der Waals surface area contributed by atoms with Gasteiger partial charge in [0.15, 0.2) is 0 Å². The summed E-state index contributed by atoms with van der Waals surface area (Å²) >= 11 is 0.